The number of benzene rings is 1. The van der Waals surface area contributed by atoms with Gasteiger partial charge < -0.3 is 19.5 Å². The van der Waals surface area contributed by atoms with Crippen molar-refractivity contribution in [3.63, 3.8) is 0 Å². The summed E-state index contributed by atoms with van der Waals surface area (Å²) in [7, 11) is 3.05. The minimum absolute atomic E-state index is 0.0427. The highest BCUT2D eigenvalue weighted by Crippen LogP contribution is 2.38. The molecule has 1 aliphatic rings. The molecule has 0 saturated heterocycles. The molecule has 6 nitrogen and oxygen atoms in total. The summed E-state index contributed by atoms with van der Waals surface area (Å²) in [6, 6.07) is 5.01. The molecular formula is C15H19NO5. The van der Waals surface area contributed by atoms with Gasteiger partial charge in [-0.1, -0.05) is 6.92 Å². The summed E-state index contributed by atoms with van der Waals surface area (Å²) in [6.45, 7) is 1.70. The minimum Gasteiger partial charge on any atom is -0.493 e. The highest BCUT2D eigenvalue weighted by Gasteiger charge is 2.40. The van der Waals surface area contributed by atoms with E-state index in [0.29, 0.717) is 23.1 Å². The van der Waals surface area contributed by atoms with Crippen molar-refractivity contribution >= 4 is 17.6 Å². The lowest BCUT2D eigenvalue weighted by Gasteiger charge is -2.10. The molecule has 1 N–H and O–H groups in total. The zero-order valence-electron chi connectivity index (χ0n) is 12.3. The topological polar surface area (TPSA) is 73.9 Å². The third kappa shape index (κ3) is 3.87. The van der Waals surface area contributed by atoms with Crippen molar-refractivity contribution in [2.75, 3.05) is 26.1 Å². The highest BCUT2D eigenvalue weighted by molar-refractivity contribution is 5.93. The van der Waals surface area contributed by atoms with Crippen LogP contribution in [0.1, 0.15) is 13.3 Å². The molecule has 0 aromatic heterocycles. The molecule has 6 heteroatoms. The fraction of sp³-hybridized carbons (Fsp3) is 0.467. The maximum Gasteiger partial charge on any atom is 0.309 e. The van der Waals surface area contributed by atoms with Crippen LogP contribution in [0, 0.1) is 11.8 Å². The molecule has 2 atom stereocenters. The van der Waals surface area contributed by atoms with Gasteiger partial charge in [-0.25, -0.2) is 0 Å². The molecule has 0 bridgehead atoms. The van der Waals surface area contributed by atoms with Crippen LogP contribution in [0.2, 0.25) is 0 Å². The van der Waals surface area contributed by atoms with Crippen LogP contribution >= 0.6 is 0 Å². The molecule has 21 heavy (non-hydrogen) atoms. The molecule has 1 aromatic rings. The normalized spacial score (nSPS) is 19.6. The number of carbonyl (C=O) groups excluding carboxylic acids is 2. The second-order valence-electron chi connectivity index (χ2n) is 5.05. The van der Waals surface area contributed by atoms with E-state index in [9.17, 15) is 9.59 Å². The second kappa shape index (κ2) is 6.47. The quantitative estimate of drug-likeness (QED) is 0.810. The van der Waals surface area contributed by atoms with E-state index < -0.39 is 0 Å². The molecule has 0 radical (unpaired) electrons. The molecule has 2 rings (SSSR count). The van der Waals surface area contributed by atoms with Crippen LogP contribution in [-0.4, -0.2) is 32.7 Å². The lowest BCUT2D eigenvalue weighted by Crippen LogP contribution is -2.21. The number of esters is 1. The Balaban J connectivity index is 1.86. The van der Waals surface area contributed by atoms with Gasteiger partial charge in [0.25, 0.3) is 5.91 Å². The highest BCUT2D eigenvalue weighted by atomic mass is 16.5. The first-order valence-electron chi connectivity index (χ1n) is 6.73. The smallest absolute Gasteiger partial charge is 0.309 e. The van der Waals surface area contributed by atoms with E-state index in [1.165, 1.54) is 14.2 Å². The summed E-state index contributed by atoms with van der Waals surface area (Å²) in [4.78, 5) is 23.3. The van der Waals surface area contributed by atoms with Crippen LogP contribution in [0.4, 0.5) is 5.69 Å². The molecule has 1 saturated carbocycles. The van der Waals surface area contributed by atoms with Crippen LogP contribution in [0.5, 0.6) is 11.5 Å². The van der Waals surface area contributed by atoms with Gasteiger partial charge in [-0.3, -0.25) is 9.59 Å². The van der Waals surface area contributed by atoms with E-state index in [4.69, 9.17) is 14.2 Å². The second-order valence-corrected chi connectivity index (χ2v) is 5.05. The average molecular weight is 293 g/mol. The van der Waals surface area contributed by atoms with Crippen LogP contribution in [0.3, 0.4) is 0 Å². The predicted molar refractivity (Wildman–Crippen MR) is 76.4 cm³/mol. The largest absolute Gasteiger partial charge is 0.493 e. The molecule has 0 unspecified atom stereocenters. The van der Waals surface area contributed by atoms with Crippen LogP contribution in [0.15, 0.2) is 18.2 Å². The summed E-state index contributed by atoms with van der Waals surface area (Å²) in [5.74, 6) is 0.725. The van der Waals surface area contributed by atoms with Crippen LogP contribution < -0.4 is 14.8 Å². The fourth-order valence-electron chi connectivity index (χ4n) is 2.01. The van der Waals surface area contributed by atoms with Gasteiger partial charge in [-0.15, -0.1) is 0 Å². The Hall–Kier alpha value is -2.24. The Labute approximate surface area is 123 Å². The number of nitrogens with one attached hydrogen (secondary N) is 1. The van der Waals surface area contributed by atoms with Crippen molar-refractivity contribution in [3.05, 3.63) is 18.2 Å². The van der Waals surface area contributed by atoms with Gasteiger partial charge in [0.1, 0.15) is 0 Å². The molecule has 1 aromatic carbocycles. The lowest BCUT2D eigenvalue weighted by atomic mass is 10.2. The number of carbonyl (C=O) groups is 2. The van der Waals surface area contributed by atoms with Crippen molar-refractivity contribution < 1.29 is 23.8 Å². The zero-order chi connectivity index (χ0) is 15.4. The molecule has 1 fully saturated rings. The van der Waals surface area contributed by atoms with Gasteiger partial charge in [0.15, 0.2) is 18.1 Å². The van der Waals surface area contributed by atoms with Crippen molar-refractivity contribution in [2.45, 2.75) is 13.3 Å². The third-order valence-electron chi connectivity index (χ3n) is 3.43. The Morgan fingerprint density at radius 3 is 2.48 bits per heavy atom. The molecule has 114 valence electrons. The van der Waals surface area contributed by atoms with Crippen molar-refractivity contribution in [3.8, 4) is 11.5 Å². The van der Waals surface area contributed by atoms with Crippen molar-refractivity contribution in [2.24, 2.45) is 11.8 Å². The Morgan fingerprint density at radius 2 is 1.90 bits per heavy atom. The van der Waals surface area contributed by atoms with E-state index in [-0.39, 0.29) is 24.4 Å². The first kappa shape index (κ1) is 15.2. The van der Waals surface area contributed by atoms with Crippen LogP contribution in [-0.2, 0) is 14.3 Å². The average Bonchev–Trinajstić information content (AvgIpc) is 3.21. The van der Waals surface area contributed by atoms with Gasteiger partial charge >= 0.3 is 5.97 Å². The molecule has 0 aliphatic heterocycles. The standard InChI is InChI=1S/C15H19NO5/c1-9-6-11(9)15(18)21-8-14(17)16-10-4-5-12(19-2)13(7-10)20-3/h4-5,7,9,11H,6,8H2,1-3H3,(H,16,17)/t9-,11-/m1/s1. The first-order chi connectivity index (χ1) is 10.0. The summed E-state index contributed by atoms with van der Waals surface area (Å²) in [5.41, 5.74) is 0.550. The summed E-state index contributed by atoms with van der Waals surface area (Å²) in [6.07, 6.45) is 0.843. The van der Waals surface area contributed by atoms with Gasteiger partial charge in [-0.05, 0) is 24.5 Å². The van der Waals surface area contributed by atoms with Crippen molar-refractivity contribution in [1.29, 1.82) is 0 Å². The van der Waals surface area contributed by atoms with E-state index in [1.807, 2.05) is 6.92 Å². The van der Waals surface area contributed by atoms with Gasteiger partial charge in [0.2, 0.25) is 0 Å². The number of hydrogen-bond acceptors (Lipinski definition) is 5. The zero-order valence-corrected chi connectivity index (χ0v) is 12.3. The van der Waals surface area contributed by atoms with E-state index in [1.54, 1.807) is 18.2 Å². The lowest BCUT2D eigenvalue weighted by molar-refractivity contribution is -0.148. The summed E-state index contributed by atoms with van der Waals surface area (Å²) in [5, 5.41) is 2.64. The number of rotatable bonds is 6. The SMILES string of the molecule is COc1ccc(NC(=O)COC(=O)[C@@H]2C[C@H]2C)cc1OC. The number of hydrogen-bond donors (Lipinski definition) is 1. The van der Waals surface area contributed by atoms with E-state index >= 15 is 0 Å². The van der Waals surface area contributed by atoms with E-state index in [2.05, 4.69) is 5.32 Å². The van der Waals surface area contributed by atoms with Crippen LogP contribution in [0.25, 0.3) is 0 Å². The number of anilines is 1. The Kier molecular flexibility index (Phi) is 4.67. The summed E-state index contributed by atoms with van der Waals surface area (Å²) >= 11 is 0. The van der Waals surface area contributed by atoms with Crippen molar-refractivity contribution in [1.82, 2.24) is 0 Å². The maximum atomic E-state index is 11.7. The monoisotopic (exact) mass is 293 g/mol. The molecule has 0 heterocycles. The summed E-state index contributed by atoms with van der Waals surface area (Å²) < 4.78 is 15.2. The van der Waals surface area contributed by atoms with E-state index in [0.717, 1.165) is 6.42 Å². The predicted octanol–water partition coefficient (Wildman–Crippen LogP) is 1.84. The molecule has 1 amide bonds. The molecule has 1 aliphatic carbocycles. The fourth-order valence-corrected chi connectivity index (χ4v) is 2.01. The number of ether oxygens (including phenoxy) is 3. The maximum absolute atomic E-state index is 11.7. The Morgan fingerprint density at radius 1 is 1.24 bits per heavy atom. The third-order valence-corrected chi connectivity index (χ3v) is 3.43. The molecule has 0 spiro atoms. The number of amides is 1. The number of methoxy groups -OCH3 is 2. The minimum atomic E-state index is -0.385. The van der Waals surface area contributed by atoms with Gasteiger partial charge in [0.05, 0.1) is 20.1 Å². The van der Waals surface area contributed by atoms with Gasteiger partial charge in [0, 0.05) is 11.8 Å². The first-order valence-corrected chi connectivity index (χ1v) is 6.73. The van der Waals surface area contributed by atoms with Gasteiger partial charge in [-0.2, -0.15) is 0 Å². The Bertz CT molecular complexity index is 543. The molecular weight excluding hydrogens is 274 g/mol.